The summed E-state index contributed by atoms with van der Waals surface area (Å²) in [4.78, 5) is 13.3. The lowest BCUT2D eigenvalue weighted by atomic mass is 9.99. The van der Waals surface area contributed by atoms with Crippen LogP contribution in [0.2, 0.25) is 5.02 Å². The van der Waals surface area contributed by atoms with Gasteiger partial charge in [0.2, 0.25) is 15.9 Å². The summed E-state index contributed by atoms with van der Waals surface area (Å²) in [6.07, 6.45) is 1.86. The number of benzene rings is 1. The highest BCUT2D eigenvalue weighted by Crippen LogP contribution is 2.23. The number of amides is 1. The van der Waals surface area contributed by atoms with Crippen LogP contribution in [-0.4, -0.2) is 38.4 Å². The van der Waals surface area contributed by atoms with Crippen molar-refractivity contribution in [2.24, 2.45) is 5.92 Å². The molecule has 23 heavy (non-hydrogen) atoms. The Morgan fingerprint density at radius 2 is 1.96 bits per heavy atom. The molecule has 0 saturated carbocycles. The van der Waals surface area contributed by atoms with Gasteiger partial charge in [-0.1, -0.05) is 37.1 Å². The molecule has 1 heterocycles. The lowest BCUT2D eigenvalue weighted by molar-refractivity contribution is -0.127. The number of hydrogen-bond acceptors (Lipinski definition) is 3. The molecule has 1 saturated heterocycles. The molecule has 1 aliphatic heterocycles. The number of likely N-dealkylation sites (tertiary alicyclic amines) is 1. The molecule has 0 aromatic heterocycles. The fourth-order valence-corrected chi connectivity index (χ4v) is 4.57. The van der Waals surface area contributed by atoms with E-state index in [1.165, 1.54) is 6.92 Å². The van der Waals surface area contributed by atoms with Crippen LogP contribution in [0.15, 0.2) is 24.3 Å². The van der Waals surface area contributed by atoms with Gasteiger partial charge in [0, 0.05) is 31.1 Å². The van der Waals surface area contributed by atoms with Crippen LogP contribution >= 0.6 is 11.6 Å². The predicted molar refractivity (Wildman–Crippen MR) is 91.7 cm³/mol. The first kappa shape index (κ1) is 18.2. The number of halogens is 1. The number of nitrogens with one attached hydrogen (secondary N) is 1. The van der Waals surface area contributed by atoms with E-state index in [1.807, 2.05) is 0 Å². The van der Waals surface area contributed by atoms with E-state index in [2.05, 4.69) is 11.6 Å². The first-order valence-electron chi connectivity index (χ1n) is 7.80. The smallest absolute Gasteiger partial charge is 0.219 e. The molecule has 1 aromatic carbocycles. The fraction of sp³-hybridized carbons (Fsp3) is 0.562. The SMILES string of the molecule is CCC[C@H]1CN(C(C)=O)C[C@@H]1NS(=O)(=O)Cc1ccc(Cl)cc1. The van der Waals surface area contributed by atoms with Crippen LogP contribution < -0.4 is 4.72 Å². The molecule has 2 atom stereocenters. The number of carbonyl (C=O) groups is 1. The fourth-order valence-electron chi connectivity index (χ4n) is 3.00. The second kappa shape index (κ2) is 7.64. The zero-order chi connectivity index (χ0) is 17.0. The van der Waals surface area contributed by atoms with Crippen molar-refractivity contribution in [3.8, 4) is 0 Å². The summed E-state index contributed by atoms with van der Waals surface area (Å²) in [5.74, 6) is 0.0777. The van der Waals surface area contributed by atoms with Crippen LogP contribution in [0.1, 0.15) is 32.3 Å². The minimum Gasteiger partial charge on any atom is -0.341 e. The van der Waals surface area contributed by atoms with E-state index < -0.39 is 10.0 Å². The second-order valence-electron chi connectivity index (χ2n) is 6.08. The van der Waals surface area contributed by atoms with Gasteiger partial charge < -0.3 is 4.90 Å². The Morgan fingerprint density at radius 1 is 1.30 bits per heavy atom. The number of carbonyl (C=O) groups excluding carboxylic acids is 1. The molecular formula is C16H23ClN2O3S. The van der Waals surface area contributed by atoms with Gasteiger partial charge in [-0.2, -0.15) is 0 Å². The molecule has 0 radical (unpaired) electrons. The zero-order valence-electron chi connectivity index (χ0n) is 13.5. The third-order valence-corrected chi connectivity index (χ3v) is 5.77. The molecule has 1 aliphatic rings. The van der Waals surface area contributed by atoms with Gasteiger partial charge in [-0.3, -0.25) is 4.79 Å². The van der Waals surface area contributed by atoms with E-state index in [4.69, 9.17) is 11.6 Å². The van der Waals surface area contributed by atoms with Crippen molar-refractivity contribution in [2.45, 2.75) is 38.5 Å². The Morgan fingerprint density at radius 3 is 2.52 bits per heavy atom. The molecule has 1 amide bonds. The van der Waals surface area contributed by atoms with E-state index in [9.17, 15) is 13.2 Å². The molecule has 128 valence electrons. The Labute approximate surface area is 143 Å². The van der Waals surface area contributed by atoms with Crippen LogP contribution in [0.5, 0.6) is 0 Å². The van der Waals surface area contributed by atoms with Crippen LogP contribution in [0.25, 0.3) is 0 Å². The Bertz CT molecular complexity index is 646. The van der Waals surface area contributed by atoms with E-state index in [0.29, 0.717) is 23.7 Å². The van der Waals surface area contributed by atoms with E-state index >= 15 is 0 Å². The first-order valence-corrected chi connectivity index (χ1v) is 9.83. The van der Waals surface area contributed by atoms with Crippen LogP contribution in [0.4, 0.5) is 0 Å². The van der Waals surface area contributed by atoms with Crippen molar-refractivity contribution in [1.29, 1.82) is 0 Å². The lowest BCUT2D eigenvalue weighted by Gasteiger charge is -2.19. The van der Waals surface area contributed by atoms with E-state index in [-0.39, 0.29) is 23.6 Å². The maximum absolute atomic E-state index is 12.4. The van der Waals surface area contributed by atoms with Crippen molar-refractivity contribution in [3.63, 3.8) is 0 Å². The van der Waals surface area contributed by atoms with Gasteiger partial charge in [-0.25, -0.2) is 13.1 Å². The second-order valence-corrected chi connectivity index (χ2v) is 8.27. The topological polar surface area (TPSA) is 66.5 Å². The van der Waals surface area contributed by atoms with Crippen LogP contribution in [-0.2, 0) is 20.6 Å². The normalized spacial score (nSPS) is 21.6. The first-order chi connectivity index (χ1) is 10.8. The average Bonchev–Trinajstić information content (AvgIpc) is 2.84. The number of sulfonamides is 1. The molecule has 1 N–H and O–H groups in total. The van der Waals surface area contributed by atoms with Gasteiger partial charge in [0.05, 0.1) is 5.75 Å². The number of nitrogens with zero attached hydrogens (tertiary/aromatic N) is 1. The third-order valence-electron chi connectivity index (χ3n) is 4.15. The van der Waals surface area contributed by atoms with Crippen molar-refractivity contribution >= 4 is 27.5 Å². The molecular weight excluding hydrogens is 336 g/mol. The van der Waals surface area contributed by atoms with Gasteiger partial charge in [-0.05, 0) is 30.0 Å². The number of hydrogen-bond donors (Lipinski definition) is 1. The standard InChI is InChI=1S/C16H23ClN2O3S/c1-3-4-14-9-19(12(2)20)10-16(14)18-23(21,22)11-13-5-7-15(17)8-6-13/h5-8,14,16,18H,3-4,9-11H2,1-2H3/t14-,16-/m0/s1. The van der Waals surface area contributed by atoms with Crippen molar-refractivity contribution in [1.82, 2.24) is 9.62 Å². The highest BCUT2D eigenvalue weighted by molar-refractivity contribution is 7.88. The van der Waals surface area contributed by atoms with E-state index in [0.717, 1.165) is 12.8 Å². The monoisotopic (exact) mass is 358 g/mol. The van der Waals surface area contributed by atoms with Gasteiger partial charge >= 0.3 is 0 Å². The van der Waals surface area contributed by atoms with Gasteiger partial charge in [0.15, 0.2) is 0 Å². The summed E-state index contributed by atoms with van der Waals surface area (Å²) in [6, 6.07) is 6.57. The van der Waals surface area contributed by atoms with Gasteiger partial charge in [-0.15, -0.1) is 0 Å². The zero-order valence-corrected chi connectivity index (χ0v) is 15.0. The maximum Gasteiger partial charge on any atom is 0.219 e. The largest absolute Gasteiger partial charge is 0.341 e. The molecule has 0 unspecified atom stereocenters. The Hall–Kier alpha value is -1.11. The molecule has 0 aliphatic carbocycles. The van der Waals surface area contributed by atoms with Crippen molar-refractivity contribution in [3.05, 3.63) is 34.9 Å². The summed E-state index contributed by atoms with van der Waals surface area (Å²) in [6.45, 7) is 4.65. The summed E-state index contributed by atoms with van der Waals surface area (Å²) in [5.41, 5.74) is 0.690. The minimum absolute atomic E-state index is 0.00879. The molecule has 1 fully saturated rings. The number of rotatable bonds is 6. The van der Waals surface area contributed by atoms with Gasteiger partial charge in [0.25, 0.3) is 0 Å². The Kier molecular flexibility index (Phi) is 6.06. The van der Waals surface area contributed by atoms with Crippen molar-refractivity contribution < 1.29 is 13.2 Å². The molecule has 1 aromatic rings. The minimum atomic E-state index is -3.46. The highest BCUT2D eigenvalue weighted by Gasteiger charge is 2.35. The lowest BCUT2D eigenvalue weighted by Crippen LogP contribution is -2.41. The summed E-state index contributed by atoms with van der Waals surface area (Å²) >= 11 is 5.82. The van der Waals surface area contributed by atoms with Crippen LogP contribution in [0, 0.1) is 5.92 Å². The Balaban J connectivity index is 2.05. The quantitative estimate of drug-likeness (QED) is 0.849. The van der Waals surface area contributed by atoms with Gasteiger partial charge in [0.1, 0.15) is 0 Å². The molecule has 0 spiro atoms. The molecule has 7 heteroatoms. The predicted octanol–water partition coefficient (Wildman–Crippen LogP) is 2.41. The van der Waals surface area contributed by atoms with Crippen molar-refractivity contribution in [2.75, 3.05) is 13.1 Å². The summed E-state index contributed by atoms with van der Waals surface area (Å²) < 4.78 is 27.6. The molecule has 2 rings (SSSR count). The summed E-state index contributed by atoms with van der Waals surface area (Å²) in [5, 5.41) is 0.579. The van der Waals surface area contributed by atoms with E-state index in [1.54, 1.807) is 29.2 Å². The maximum atomic E-state index is 12.4. The average molecular weight is 359 g/mol. The molecule has 0 bridgehead atoms. The van der Waals surface area contributed by atoms with Crippen LogP contribution in [0.3, 0.4) is 0 Å². The highest BCUT2D eigenvalue weighted by atomic mass is 35.5. The third kappa shape index (κ3) is 5.19. The summed E-state index contributed by atoms with van der Waals surface area (Å²) in [7, 11) is -3.46. The molecule has 5 nitrogen and oxygen atoms in total.